The van der Waals surface area contributed by atoms with E-state index < -0.39 is 30.2 Å². The molecule has 0 spiro atoms. The molecule has 3 aliphatic rings. The zero-order valence-corrected chi connectivity index (χ0v) is 29.1. The summed E-state index contributed by atoms with van der Waals surface area (Å²) < 4.78 is 13.4. The molecule has 0 bridgehead atoms. The van der Waals surface area contributed by atoms with Crippen LogP contribution in [0.2, 0.25) is 5.02 Å². The predicted molar refractivity (Wildman–Crippen MR) is 185 cm³/mol. The van der Waals surface area contributed by atoms with E-state index in [2.05, 4.69) is 34.7 Å². The molecule has 2 aromatic heterocycles. The number of aliphatic imine (C=N–C) groups is 1. The van der Waals surface area contributed by atoms with Crippen molar-refractivity contribution < 1.29 is 28.7 Å². The fraction of sp³-hybridized carbons (Fsp3) is 0.343. The fourth-order valence-electron chi connectivity index (χ4n) is 6.41. The second-order valence-corrected chi connectivity index (χ2v) is 14.0. The molecule has 50 heavy (non-hydrogen) atoms. The summed E-state index contributed by atoms with van der Waals surface area (Å²) >= 11 is 7.86. The van der Waals surface area contributed by atoms with Crippen LogP contribution in [0.4, 0.5) is 4.79 Å². The summed E-state index contributed by atoms with van der Waals surface area (Å²) in [6.07, 6.45) is -0.637. The Morgan fingerprint density at radius 3 is 2.58 bits per heavy atom. The first-order valence-electron chi connectivity index (χ1n) is 16.2. The number of ether oxygens (including phenoxy) is 2. The van der Waals surface area contributed by atoms with Gasteiger partial charge in [-0.25, -0.2) is 4.79 Å². The number of rotatable bonds is 9. The second kappa shape index (κ2) is 13.7. The van der Waals surface area contributed by atoms with E-state index in [1.165, 1.54) is 9.78 Å². The zero-order valence-electron chi connectivity index (χ0n) is 27.6. The van der Waals surface area contributed by atoms with Crippen molar-refractivity contribution in [1.82, 2.24) is 30.3 Å². The second-order valence-electron chi connectivity index (χ2n) is 12.4. The third-order valence-electron chi connectivity index (χ3n) is 9.11. The maximum Gasteiger partial charge on any atom is 0.411 e. The van der Waals surface area contributed by atoms with Gasteiger partial charge in [0.2, 0.25) is 17.7 Å². The Morgan fingerprint density at radius 1 is 1.08 bits per heavy atom. The van der Waals surface area contributed by atoms with E-state index >= 15 is 0 Å². The van der Waals surface area contributed by atoms with Crippen molar-refractivity contribution in [2.24, 2.45) is 4.99 Å². The van der Waals surface area contributed by atoms with E-state index in [-0.39, 0.29) is 50.8 Å². The van der Waals surface area contributed by atoms with Crippen molar-refractivity contribution in [3.05, 3.63) is 92.3 Å². The van der Waals surface area contributed by atoms with E-state index in [0.717, 1.165) is 38.8 Å². The Hall–Kier alpha value is -5.08. The van der Waals surface area contributed by atoms with Crippen LogP contribution in [-0.2, 0) is 19.1 Å². The smallest absolute Gasteiger partial charge is 0.411 e. The van der Waals surface area contributed by atoms with Gasteiger partial charge in [-0.1, -0.05) is 35.9 Å². The molecule has 258 valence electrons. The van der Waals surface area contributed by atoms with E-state index in [4.69, 9.17) is 26.1 Å². The van der Waals surface area contributed by atoms with Crippen molar-refractivity contribution in [2.45, 2.75) is 58.2 Å². The summed E-state index contributed by atoms with van der Waals surface area (Å²) in [5.74, 6) is 0.870. The van der Waals surface area contributed by atoms with Gasteiger partial charge in [0.1, 0.15) is 41.4 Å². The van der Waals surface area contributed by atoms with Gasteiger partial charge in [-0.2, -0.15) is 0 Å². The highest BCUT2D eigenvalue weighted by Gasteiger charge is 2.42. The number of fused-ring (bicyclic) bond motifs is 3. The highest BCUT2D eigenvalue weighted by atomic mass is 35.5. The van der Waals surface area contributed by atoms with Crippen LogP contribution < -0.4 is 15.4 Å². The molecular weight excluding hydrogens is 682 g/mol. The molecule has 5 heterocycles. The molecule has 15 heteroatoms. The SMILES string of the molecule is Cc1sc2c(c1C)C(c1ccc(Cl)cc1)=N[C@@H](CC(=O)NCCOc1ccc(C3CN(C4CCC(=O)NC4=O)C(=O)O3)cc1)c1nnc(C)n1-2. The normalized spacial score (nSPS) is 20.0. The Morgan fingerprint density at radius 2 is 1.84 bits per heavy atom. The number of benzene rings is 2. The van der Waals surface area contributed by atoms with Crippen LogP contribution in [0.5, 0.6) is 5.75 Å². The summed E-state index contributed by atoms with van der Waals surface area (Å²) in [5.41, 5.74) is 4.54. The number of imide groups is 1. The van der Waals surface area contributed by atoms with Gasteiger partial charge in [0.05, 0.1) is 25.2 Å². The van der Waals surface area contributed by atoms with Crippen LogP contribution in [0.15, 0.2) is 53.5 Å². The number of hydrogen-bond acceptors (Lipinski definition) is 10. The number of carbonyl (C=O) groups excluding carboxylic acids is 4. The summed E-state index contributed by atoms with van der Waals surface area (Å²) in [6, 6.07) is 13.3. The molecule has 3 atom stereocenters. The maximum absolute atomic E-state index is 13.3. The van der Waals surface area contributed by atoms with Gasteiger partial charge in [0.25, 0.3) is 0 Å². The number of carbonyl (C=O) groups is 4. The van der Waals surface area contributed by atoms with Gasteiger partial charge in [-0.05, 0) is 62.6 Å². The largest absolute Gasteiger partial charge is 0.492 e. The molecule has 2 N–H and O–H groups in total. The Bertz CT molecular complexity index is 2020. The summed E-state index contributed by atoms with van der Waals surface area (Å²) in [5, 5.41) is 15.6. The molecule has 0 radical (unpaired) electrons. The number of halogens is 1. The number of aryl methyl sites for hydroxylation is 2. The van der Waals surface area contributed by atoms with Gasteiger partial charge in [-0.15, -0.1) is 21.5 Å². The quantitative estimate of drug-likeness (QED) is 0.187. The van der Waals surface area contributed by atoms with Crippen LogP contribution in [0.3, 0.4) is 0 Å². The highest BCUT2D eigenvalue weighted by molar-refractivity contribution is 7.15. The molecule has 2 unspecified atom stereocenters. The average Bonchev–Trinajstić information content (AvgIpc) is 3.73. The molecule has 2 aromatic carbocycles. The molecule has 4 aromatic rings. The highest BCUT2D eigenvalue weighted by Crippen LogP contribution is 2.39. The van der Waals surface area contributed by atoms with Crippen molar-refractivity contribution in [2.75, 3.05) is 19.7 Å². The topological polar surface area (TPSA) is 157 Å². The van der Waals surface area contributed by atoms with Gasteiger partial charge in [0.15, 0.2) is 5.82 Å². The third kappa shape index (κ3) is 6.48. The molecular formula is C35H34ClN7O6S. The number of aromatic nitrogens is 3. The number of piperidine rings is 1. The molecule has 13 nitrogen and oxygen atoms in total. The summed E-state index contributed by atoms with van der Waals surface area (Å²) in [7, 11) is 0. The monoisotopic (exact) mass is 715 g/mol. The van der Waals surface area contributed by atoms with E-state index in [1.54, 1.807) is 35.6 Å². The lowest BCUT2D eigenvalue weighted by Gasteiger charge is -2.27. The standard InChI is InChI=1S/C35H34ClN7O6S/c1-18-19(2)50-34-30(18)31(22-4-8-23(36)9-5-22)38-25(32-41-40-20(3)43(32)34)16-29(45)37-14-15-48-24-10-6-21(7-11-24)27-17-42(35(47)49-27)26-12-13-28(44)39-33(26)46/h4-11,25-27H,12-17H2,1-3H3,(H,37,45)(H,39,44,46)/t25-,26?,27?/m0/s1. The molecule has 0 saturated carbocycles. The minimum absolute atomic E-state index is 0.0623. The molecule has 7 rings (SSSR count). The Labute approximate surface area is 296 Å². The number of cyclic esters (lactones) is 1. The van der Waals surface area contributed by atoms with Crippen molar-refractivity contribution in [1.29, 1.82) is 0 Å². The van der Waals surface area contributed by atoms with E-state index in [1.807, 2.05) is 35.8 Å². The van der Waals surface area contributed by atoms with Crippen molar-refractivity contribution in [3.63, 3.8) is 0 Å². The first-order valence-corrected chi connectivity index (χ1v) is 17.4. The first-order chi connectivity index (χ1) is 24.1. The molecule has 0 aliphatic carbocycles. The minimum Gasteiger partial charge on any atom is -0.492 e. The van der Waals surface area contributed by atoms with Crippen LogP contribution in [0.1, 0.15) is 70.2 Å². The third-order valence-corrected chi connectivity index (χ3v) is 10.6. The van der Waals surface area contributed by atoms with E-state index in [0.29, 0.717) is 16.6 Å². The van der Waals surface area contributed by atoms with Crippen LogP contribution in [0.25, 0.3) is 5.00 Å². The number of hydrogen-bond donors (Lipinski definition) is 2. The Kier molecular flexibility index (Phi) is 9.14. The van der Waals surface area contributed by atoms with Crippen LogP contribution >= 0.6 is 22.9 Å². The summed E-state index contributed by atoms with van der Waals surface area (Å²) in [4.78, 5) is 57.2. The lowest BCUT2D eigenvalue weighted by Crippen LogP contribution is -2.52. The van der Waals surface area contributed by atoms with Gasteiger partial charge in [-0.3, -0.25) is 34.2 Å². The predicted octanol–water partition coefficient (Wildman–Crippen LogP) is 4.68. The van der Waals surface area contributed by atoms with E-state index in [9.17, 15) is 19.2 Å². The lowest BCUT2D eigenvalue weighted by atomic mass is 9.99. The number of nitrogens with zero attached hydrogens (tertiary/aromatic N) is 5. The van der Waals surface area contributed by atoms with Gasteiger partial charge >= 0.3 is 6.09 Å². The van der Waals surface area contributed by atoms with Gasteiger partial charge in [0, 0.05) is 27.4 Å². The van der Waals surface area contributed by atoms with Crippen molar-refractivity contribution >= 4 is 52.5 Å². The maximum atomic E-state index is 13.3. The van der Waals surface area contributed by atoms with Crippen LogP contribution in [0, 0.1) is 20.8 Å². The molecule has 2 saturated heterocycles. The van der Waals surface area contributed by atoms with Crippen molar-refractivity contribution in [3.8, 4) is 10.8 Å². The fourth-order valence-corrected chi connectivity index (χ4v) is 7.75. The van der Waals surface area contributed by atoms with Crippen LogP contribution in [-0.4, -0.2) is 74.9 Å². The average molecular weight is 716 g/mol. The summed E-state index contributed by atoms with van der Waals surface area (Å²) in [6.45, 7) is 6.75. The molecule has 4 amide bonds. The zero-order chi connectivity index (χ0) is 35.1. The Balaban J connectivity index is 0.974. The lowest BCUT2D eigenvalue weighted by molar-refractivity contribution is -0.136. The van der Waals surface area contributed by atoms with Gasteiger partial charge < -0.3 is 14.8 Å². The number of thiophene rings is 1. The minimum atomic E-state index is -0.729. The molecule has 2 fully saturated rings. The number of amides is 4. The molecule has 3 aliphatic heterocycles. The first kappa shape index (κ1) is 33.4. The number of nitrogens with one attached hydrogen (secondary N) is 2.